The Bertz CT molecular complexity index is 702. The van der Waals surface area contributed by atoms with Gasteiger partial charge in [0.05, 0.1) is 0 Å². The predicted molar refractivity (Wildman–Crippen MR) is 109 cm³/mol. The highest BCUT2D eigenvalue weighted by atomic mass is 16.6. The van der Waals surface area contributed by atoms with Crippen LogP contribution in [0.15, 0.2) is 30.3 Å². The molecule has 0 bridgehead atoms. The van der Waals surface area contributed by atoms with E-state index in [1.807, 2.05) is 30.3 Å². The van der Waals surface area contributed by atoms with Gasteiger partial charge in [0.25, 0.3) is 0 Å². The molecule has 0 saturated carbocycles. The fourth-order valence-electron chi connectivity index (χ4n) is 2.66. The summed E-state index contributed by atoms with van der Waals surface area (Å²) in [5, 5.41) is 0. The van der Waals surface area contributed by atoms with Crippen molar-refractivity contribution >= 4 is 18.0 Å². The van der Waals surface area contributed by atoms with Gasteiger partial charge in [0.2, 0.25) is 0 Å². The molecule has 0 heterocycles. The average Bonchev–Trinajstić information content (AvgIpc) is 2.57. The molecule has 0 aliphatic carbocycles. The van der Waals surface area contributed by atoms with E-state index < -0.39 is 41.2 Å². The summed E-state index contributed by atoms with van der Waals surface area (Å²) in [6.07, 6.45) is -1.75. The van der Waals surface area contributed by atoms with E-state index in [9.17, 15) is 14.4 Å². The number of likely N-dealkylation sites (N-methyl/N-ethyl adjacent to an activating group) is 1. The molecule has 1 aromatic carbocycles. The molecule has 0 spiro atoms. The molecule has 29 heavy (non-hydrogen) atoms. The fourth-order valence-corrected chi connectivity index (χ4v) is 2.66. The Morgan fingerprint density at radius 1 is 0.966 bits per heavy atom. The molecule has 0 fully saturated rings. The first-order chi connectivity index (χ1) is 13.2. The molecule has 1 aromatic rings. The van der Waals surface area contributed by atoms with Gasteiger partial charge >= 0.3 is 18.0 Å². The minimum Gasteiger partial charge on any atom is -0.458 e. The highest BCUT2D eigenvalue weighted by molar-refractivity contribution is 5.85. The second-order valence-corrected chi connectivity index (χ2v) is 9.03. The molecule has 0 saturated heterocycles. The van der Waals surface area contributed by atoms with E-state index in [1.54, 1.807) is 41.5 Å². The van der Waals surface area contributed by atoms with Crippen LogP contribution in [-0.4, -0.2) is 47.7 Å². The quantitative estimate of drug-likeness (QED) is 0.525. The molecule has 0 N–H and O–H groups in total. The number of carbonyl (C=O) groups excluding carboxylic acids is 3. The topological polar surface area (TPSA) is 82.1 Å². The lowest BCUT2D eigenvalue weighted by molar-refractivity contribution is -0.172. The molecule has 0 unspecified atom stereocenters. The van der Waals surface area contributed by atoms with E-state index in [0.717, 1.165) is 5.56 Å². The molecule has 1 rings (SSSR count). The number of rotatable bonds is 6. The van der Waals surface area contributed by atoms with Crippen LogP contribution in [-0.2, 0) is 30.4 Å². The van der Waals surface area contributed by atoms with E-state index in [2.05, 4.69) is 0 Å². The van der Waals surface area contributed by atoms with E-state index in [1.165, 1.54) is 18.9 Å². The van der Waals surface area contributed by atoms with E-state index >= 15 is 0 Å². The minimum atomic E-state index is -1.11. The van der Waals surface area contributed by atoms with Gasteiger partial charge in [-0.25, -0.2) is 14.4 Å². The lowest BCUT2D eigenvalue weighted by atomic mass is 9.86. The predicted octanol–water partition coefficient (Wildman–Crippen LogP) is 3.94. The monoisotopic (exact) mass is 407 g/mol. The van der Waals surface area contributed by atoms with Gasteiger partial charge in [-0.05, 0) is 38.7 Å². The van der Waals surface area contributed by atoms with Crippen LogP contribution in [0.2, 0.25) is 0 Å². The number of hydrogen-bond acceptors (Lipinski definition) is 6. The Labute approximate surface area is 173 Å². The van der Waals surface area contributed by atoms with Crippen LogP contribution in [0.1, 0.15) is 54.0 Å². The fraction of sp³-hybridized carbons (Fsp3) is 0.591. The van der Waals surface area contributed by atoms with Gasteiger partial charge in [0.1, 0.15) is 18.2 Å². The van der Waals surface area contributed by atoms with Crippen LogP contribution in [0.3, 0.4) is 0 Å². The summed E-state index contributed by atoms with van der Waals surface area (Å²) in [7, 11) is 1.48. The van der Waals surface area contributed by atoms with Gasteiger partial charge in [-0.2, -0.15) is 0 Å². The summed E-state index contributed by atoms with van der Waals surface area (Å²) in [4.78, 5) is 38.7. The number of hydrogen-bond donors (Lipinski definition) is 0. The second-order valence-electron chi connectivity index (χ2n) is 9.03. The van der Waals surface area contributed by atoms with Crippen LogP contribution in [0.5, 0.6) is 0 Å². The van der Waals surface area contributed by atoms with Crippen molar-refractivity contribution in [1.82, 2.24) is 4.90 Å². The third-order valence-corrected chi connectivity index (χ3v) is 3.96. The van der Waals surface area contributed by atoms with Crippen LogP contribution in [0.25, 0.3) is 0 Å². The first-order valence-electron chi connectivity index (χ1n) is 9.59. The maximum atomic E-state index is 12.8. The smallest absolute Gasteiger partial charge is 0.410 e. The van der Waals surface area contributed by atoms with Crippen LogP contribution in [0, 0.1) is 5.41 Å². The summed E-state index contributed by atoms with van der Waals surface area (Å²) in [5.41, 5.74) is -0.514. The van der Waals surface area contributed by atoms with Gasteiger partial charge in [-0.15, -0.1) is 0 Å². The lowest BCUT2D eigenvalue weighted by Crippen LogP contribution is -2.52. The number of amides is 1. The molecular weight excluding hydrogens is 374 g/mol. The van der Waals surface area contributed by atoms with E-state index in [0.29, 0.717) is 0 Å². The van der Waals surface area contributed by atoms with Crippen molar-refractivity contribution in [3.8, 4) is 0 Å². The zero-order chi connectivity index (χ0) is 22.4. The van der Waals surface area contributed by atoms with E-state index in [4.69, 9.17) is 14.2 Å². The zero-order valence-corrected chi connectivity index (χ0v) is 18.6. The maximum absolute atomic E-state index is 12.8. The van der Waals surface area contributed by atoms with Crippen molar-refractivity contribution in [3.05, 3.63) is 35.9 Å². The Kier molecular flexibility index (Phi) is 8.24. The number of ether oxygens (including phenoxy) is 3. The second kappa shape index (κ2) is 9.76. The summed E-state index contributed by atoms with van der Waals surface area (Å²) in [5.74, 6) is -1.36. The van der Waals surface area contributed by atoms with Crippen LogP contribution < -0.4 is 0 Å². The molecule has 2 atom stereocenters. The summed E-state index contributed by atoms with van der Waals surface area (Å²) in [6.45, 7) is 12.2. The summed E-state index contributed by atoms with van der Waals surface area (Å²) >= 11 is 0. The third kappa shape index (κ3) is 8.13. The maximum Gasteiger partial charge on any atom is 0.410 e. The molecule has 0 aliphatic rings. The van der Waals surface area contributed by atoms with Crippen LogP contribution in [0.4, 0.5) is 4.79 Å². The minimum absolute atomic E-state index is 0.0854. The molecule has 162 valence electrons. The van der Waals surface area contributed by atoms with Crippen molar-refractivity contribution in [1.29, 1.82) is 0 Å². The number of nitrogens with zero attached hydrogens (tertiary/aromatic N) is 1. The Hall–Kier alpha value is -2.57. The average molecular weight is 408 g/mol. The molecule has 7 nitrogen and oxygen atoms in total. The van der Waals surface area contributed by atoms with Crippen LogP contribution >= 0.6 is 0 Å². The van der Waals surface area contributed by atoms with Crippen molar-refractivity contribution < 1.29 is 28.6 Å². The molecular formula is C22H33NO6. The van der Waals surface area contributed by atoms with Crippen molar-refractivity contribution in [2.45, 2.75) is 72.8 Å². The van der Waals surface area contributed by atoms with Crippen molar-refractivity contribution in [3.63, 3.8) is 0 Å². The number of esters is 2. The Morgan fingerprint density at radius 2 is 1.52 bits per heavy atom. The molecule has 0 aliphatic heterocycles. The zero-order valence-electron chi connectivity index (χ0n) is 18.6. The number of carbonyl (C=O) groups is 3. The largest absolute Gasteiger partial charge is 0.458 e. The molecule has 0 radical (unpaired) electrons. The molecule has 0 aromatic heterocycles. The van der Waals surface area contributed by atoms with Gasteiger partial charge in [0, 0.05) is 7.05 Å². The van der Waals surface area contributed by atoms with Crippen molar-refractivity contribution in [2.24, 2.45) is 5.41 Å². The highest BCUT2D eigenvalue weighted by Crippen LogP contribution is 2.26. The SMILES string of the molecule is C[C@@H](OC(=O)[C@@H](N(C)C(=O)OC(C)(C)C)C(C)(C)C)C(=O)OCc1ccccc1. The Morgan fingerprint density at radius 3 is 2.00 bits per heavy atom. The lowest BCUT2D eigenvalue weighted by Gasteiger charge is -2.37. The standard InChI is InChI=1S/C22H33NO6/c1-15(18(24)27-14-16-12-10-9-11-13-16)28-19(25)17(21(2,3)4)23(8)20(26)29-22(5,6)7/h9-13,15,17H,14H2,1-8H3/t15-,17-/m1/s1. The molecule has 7 heteroatoms. The first kappa shape index (κ1) is 24.5. The Balaban J connectivity index is 2.79. The van der Waals surface area contributed by atoms with E-state index in [-0.39, 0.29) is 6.61 Å². The van der Waals surface area contributed by atoms with Gasteiger partial charge in [-0.1, -0.05) is 51.1 Å². The van der Waals surface area contributed by atoms with Gasteiger partial charge in [0.15, 0.2) is 6.10 Å². The van der Waals surface area contributed by atoms with Crippen molar-refractivity contribution in [2.75, 3.05) is 7.05 Å². The third-order valence-electron chi connectivity index (χ3n) is 3.96. The summed E-state index contributed by atoms with van der Waals surface area (Å²) in [6, 6.07) is 8.26. The number of benzene rings is 1. The first-order valence-corrected chi connectivity index (χ1v) is 9.59. The molecule has 1 amide bonds. The summed E-state index contributed by atoms with van der Waals surface area (Å²) < 4.78 is 15.9. The van der Waals surface area contributed by atoms with Gasteiger partial charge in [-0.3, -0.25) is 4.90 Å². The van der Waals surface area contributed by atoms with Gasteiger partial charge < -0.3 is 14.2 Å². The normalized spacial score (nSPS) is 13.8. The highest BCUT2D eigenvalue weighted by Gasteiger charge is 2.41.